The Morgan fingerprint density at radius 2 is 1.19 bits per heavy atom. The third kappa shape index (κ3) is 1.83. The van der Waals surface area contributed by atoms with Crippen LogP contribution in [0.4, 0.5) is 0 Å². The molecule has 3 aliphatic rings. The van der Waals surface area contributed by atoms with Crippen molar-refractivity contribution in [1.29, 1.82) is 0 Å². The van der Waals surface area contributed by atoms with Crippen LogP contribution in [0.3, 0.4) is 0 Å². The molecule has 0 aliphatic heterocycles. The number of hydrogen-bond donors (Lipinski definition) is 0. The molecule has 0 heteroatoms. The molecule has 5 unspecified atom stereocenters. The van der Waals surface area contributed by atoms with Crippen LogP contribution in [-0.4, -0.2) is 0 Å². The fraction of sp³-hybridized carbons (Fsp3) is 1.00. The predicted molar refractivity (Wildman–Crippen MR) is 69.3 cm³/mol. The molecule has 0 heterocycles. The zero-order valence-electron chi connectivity index (χ0n) is 11.0. The molecule has 5 atom stereocenters. The Hall–Kier alpha value is 0. The van der Waals surface area contributed by atoms with Crippen molar-refractivity contribution in [3.8, 4) is 0 Å². The second-order valence-electron chi connectivity index (χ2n) is 6.72. The highest BCUT2D eigenvalue weighted by Gasteiger charge is 2.49. The average Bonchev–Trinajstić information content (AvgIpc) is 2.29. The Bertz CT molecular complexity index is 232. The third-order valence-electron chi connectivity index (χ3n) is 6.16. The topological polar surface area (TPSA) is 0 Å². The molecule has 0 amide bonds. The van der Waals surface area contributed by atoms with Gasteiger partial charge in [-0.2, -0.15) is 0 Å². The maximum atomic E-state index is 2.40. The van der Waals surface area contributed by atoms with Crippen LogP contribution in [0.2, 0.25) is 0 Å². The lowest BCUT2D eigenvalue weighted by Crippen LogP contribution is -2.49. The van der Waals surface area contributed by atoms with E-state index in [0.29, 0.717) is 0 Å². The zero-order chi connectivity index (χ0) is 11.0. The van der Waals surface area contributed by atoms with E-state index in [1.54, 1.807) is 51.4 Å². The summed E-state index contributed by atoms with van der Waals surface area (Å²) in [5.74, 6) is 5.76. The van der Waals surface area contributed by atoms with Crippen LogP contribution in [0.5, 0.6) is 0 Å². The summed E-state index contributed by atoms with van der Waals surface area (Å²) < 4.78 is 0. The summed E-state index contributed by atoms with van der Waals surface area (Å²) in [7, 11) is 0. The van der Waals surface area contributed by atoms with Crippen LogP contribution in [-0.2, 0) is 0 Å². The summed E-state index contributed by atoms with van der Waals surface area (Å²) in [5, 5.41) is 0. The van der Waals surface area contributed by atoms with Gasteiger partial charge in [0, 0.05) is 0 Å². The number of rotatable bonds is 1. The van der Waals surface area contributed by atoms with Crippen LogP contribution >= 0.6 is 0 Å². The minimum absolute atomic E-state index is 1.07. The maximum Gasteiger partial charge on any atom is -0.0352 e. The highest BCUT2D eigenvalue weighted by Crippen LogP contribution is 2.58. The Morgan fingerprint density at radius 3 is 1.81 bits per heavy atom. The van der Waals surface area contributed by atoms with Gasteiger partial charge in [0.05, 0.1) is 0 Å². The maximum absolute atomic E-state index is 2.40. The largest absolute Gasteiger partial charge is 0.0651 e. The average molecular weight is 220 g/mol. The lowest BCUT2D eigenvalue weighted by Gasteiger charge is -2.56. The fourth-order valence-electron chi connectivity index (χ4n) is 5.22. The zero-order valence-corrected chi connectivity index (χ0v) is 11.0. The normalized spacial score (nSPS) is 48.2. The smallest absolute Gasteiger partial charge is 0.0352 e. The van der Waals surface area contributed by atoms with Crippen LogP contribution in [0.25, 0.3) is 0 Å². The van der Waals surface area contributed by atoms with Gasteiger partial charge in [-0.05, 0) is 55.3 Å². The van der Waals surface area contributed by atoms with Crippen LogP contribution < -0.4 is 0 Å². The predicted octanol–water partition coefficient (Wildman–Crippen LogP) is 5.03. The van der Waals surface area contributed by atoms with E-state index in [9.17, 15) is 0 Å². The minimum Gasteiger partial charge on any atom is -0.0651 e. The SMILES string of the molecule is CCC1CCCC2C3CCCCC3C2CC1. The van der Waals surface area contributed by atoms with E-state index >= 15 is 0 Å². The first-order chi connectivity index (χ1) is 7.90. The molecule has 16 heavy (non-hydrogen) atoms. The molecular formula is C16H28. The summed E-state index contributed by atoms with van der Waals surface area (Å²) in [4.78, 5) is 0. The fourth-order valence-corrected chi connectivity index (χ4v) is 5.22. The third-order valence-corrected chi connectivity index (χ3v) is 6.16. The molecule has 0 aromatic carbocycles. The molecule has 3 fully saturated rings. The highest BCUT2D eigenvalue weighted by atomic mass is 14.5. The van der Waals surface area contributed by atoms with Gasteiger partial charge in [0.2, 0.25) is 0 Å². The van der Waals surface area contributed by atoms with Crippen molar-refractivity contribution < 1.29 is 0 Å². The summed E-state index contributed by atoms with van der Waals surface area (Å²) in [6, 6.07) is 0. The van der Waals surface area contributed by atoms with E-state index in [1.807, 2.05) is 0 Å². The first-order valence-electron chi connectivity index (χ1n) is 7.90. The molecule has 0 saturated heterocycles. The molecule has 3 rings (SSSR count). The molecule has 3 saturated carbocycles. The van der Waals surface area contributed by atoms with Crippen LogP contribution in [0.1, 0.15) is 71.1 Å². The lowest BCUT2D eigenvalue weighted by molar-refractivity contribution is -0.0708. The molecule has 3 aliphatic carbocycles. The molecule has 0 nitrogen and oxygen atoms in total. The van der Waals surface area contributed by atoms with Gasteiger partial charge in [-0.15, -0.1) is 0 Å². The first kappa shape index (κ1) is 11.1. The molecular weight excluding hydrogens is 192 g/mol. The van der Waals surface area contributed by atoms with Crippen molar-refractivity contribution in [2.75, 3.05) is 0 Å². The molecule has 0 N–H and O–H groups in total. The Labute approximate surface area is 101 Å². The van der Waals surface area contributed by atoms with Crippen molar-refractivity contribution in [1.82, 2.24) is 0 Å². The summed E-state index contributed by atoms with van der Waals surface area (Å²) in [6.07, 6.45) is 15.5. The quantitative estimate of drug-likeness (QED) is 0.581. The van der Waals surface area contributed by atoms with E-state index in [-0.39, 0.29) is 0 Å². The van der Waals surface area contributed by atoms with Gasteiger partial charge < -0.3 is 0 Å². The summed E-state index contributed by atoms with van der Waals surface area (Å²) in [6.45, 7) is 2.40. The monoisotopic (exact) mass is 220 g/mol. The lowest BCUT2D eigenvalue weighted by atomic mass is 9.49. The van der Waals surface area contributed by atoms with E-state index in [2.05, 4.69) is 6.92 Å². The van der Waals surface area contributed by atoms with Crippen molar-refractivity contribution in [3.63, 3.8) is 0 Å². The molecule has 0 bridgehead atoms. The van der Waals surface area contributed by atoms with Crippen molar-refractivity contribution >= 4 is 0 Å². The van der Waals surface area contributed by atoms with Crippen LogP contribution in [0, 0.1) is 29.6 Å². The second-order valence-corrected chi connectivity index (χ2v) is 6.72. The Kier molecular flexibility index (Phi) is 3.27. The van der Waals surface area contributed by atoms with Crippen LogP contribution in [0.15, 0.2) is 0 Å². The highest BCUT2D eigenvalue weighted by molar-refractivity contribution is 4.99. The van der Waals surface area contributed by atoms with Crippen molar-refractivity contribution in [2.45, 2.75) is 71.1 Å². The van der Waals surface area contributed by atoms with Gasteiger partial charge in [0.25, 0.3) is 0 Å². The van der Waals surface area contributed by atoms with Gasteiger partial charge >= 0.3 is 0 Å². The Morgan fingerprint density at radius 1 is 0.625 bits per heavy atom. The van der Waals surface area contributed by atoms with E-state index < -0.39 is 0 Å². The van der Waals surface area contributed by atoms with E-state index in [0.717, 1.165) is 5.92 Å². The number of hydrogen-bond acceptors (Lipinski definition) is 0. The summed E-state index contributed by atoms with van der Waals surface area (Å²) in [5.41, 5.74) is 0. The van der Waals surface area contributed by atoms with E-state index in [4.69, 9.17) is 0 Å². The van der Waals surface area contributed by atoms with Crippen molar-refractivity contribution in [2.24, 2.45) is 29.6 Å². The molecule has 92 valence electrons. The van der Waals surface area contributed by atoms with E-state index in [1.165, 1.54) is 36.5 Å². The van der Waals surface area contributed by atoms with Gasteiger partial charge in [-0.1, -0.05) is 45.4 Å². The number of fused-ring (bicyclic) bond motifs is 4. The van der Waals surface area contributed by atoms with Crippen molar-refractivity contribution in [3.05, 3.63) is 0 Å². The molecule has 0 aromatic rings. The second kappa shape index (κ2) is 4.70. The first-order valence-corrected chi connectivity index (χ1v) is 7.90. The molecule has 0 radical (unpaired) electrons. The van der Waals surface area contributed by atoms with Gasteiger partial charge in [-0.25, -0.2) is 0 Å². The standard InChI is InChI=1S/C16H28/c1-2-12-6-5-9-15-13-7-3-4-8-14(13)16(15)11-10-12/h12-16H,2-11H2,1H3. The van der Waals surface area contributed by atoms with Gasteiger partial charge in [0.15, 0.2) is 0 Å². The molecule has 0 aromatic heterocycles. The summed E-state index contributed by atoms with van der Waals surface area (Å²) >= 11 is 0. The van der Waals surface area contributed by atoms with Gasteiger partial charge in [0.1, 0.15) is 0 Å². The Balaban J connectivity index is 1.62. The van der Waals surface area contributed by atoms with Gasteiger partial charge in [-0.3, -0.25) is 0 Å². The minimum atomic E-state index is 1.07. The molecule has 0 spiro atoms.